The van der Waals surface area contributed by atoms with Gasteiger partial charge in [-0.3, -0.25) is 9.36 Å². The van der Waals surface area contributed by atoms with E-state index in [2.05, 4.69) is 43.5 Å². The molecule has 2 N–H and O–H groups in total. The van der Waals surface area contributed by atoms with Crippen LogP contribution >= 0.6 is 7.82 Å². The van der Waals surface area contributed by atoms with Crippen molar-refractivity contribution in [2.45, 2.75) is 264 Å². The van der Waals surface area contributed by atoms with E-state index in [1.54, 1.807) is 0 Å². The van der Waals surface area contributed by atoms with Crippen LogP contribution in [0, 0.1) is 0 Å². The maximum Gasteiger partial charge on any atom is 0.268 e. The molecule has 3 unspecified atom stereocenters. The predicted molar refractivity (Wildman–Crippen MR) is 261 cm³/mol. The molecule has 0 aromatic heterocycles. The Morgan fingerprint density at radius 2 is 0.951 bits per heavy atom. The van der Waals surface area contributed by atoms with Crippen molar-refractivity contribution in [2.24, 2.45) is 0 Å². The second-order valence-electron chi connectivity index (χ2n) is 19.2. The fourth-order valence-electron chi connectivity index (χ4n) is 7.78. The number of allylic oxidation sites excluding steroid dienone is 4. The summed E-state index contributed by atoms with van der Waals surface area (Å²) < 4.78 is 23.4. The first kappa shape index (κ1) is 60.0. The Kier molecular flexibility index (Phi) is 43.5. The zero-order valence-electron chi connectivity index (χ0n) is 41.1. The lowest BCUT2D eigenvalue weighted by Gasteiger charge is -2.30. The number of likely N-dealkylation sites (N-methyl/N-ethyl adjacent to an activating group) is 1. The number of amides is 1. The van der Waals surface area contributed by atoms with Gasteiger partial charge in [-0.25, -0.2) is 0 Å². The highest BCUT2D eigenvalue weighted by molar-refractivity contribution is 7.45. The second kappa shape index (κ2) is 44.2. The minimum atomic E-state index is -4.57. The molecule has 0 spiro atoms. The highest BCUT2D eigenvalue weighted by Gasteiger charge is 2.24. The monoisotopic (exact) mass is 883 g/mol. The Morgan fingerprint density at radius 3 is 1.36 bits per heavy atom. The van der Waals surface area contributed by atoms with Crippen LogP contribution in [0.2, 0.25) is 0 Å². The molecule has 0 aliphatic carbocycles. The fourth-order valence-corrected chi connectivity index (χ4v) is 8.50. The van der Waals surface area contributed by atoms with Crippen molar-refractivity contribution in [3.8, 4) is 0 Å². The number of nitrogens with one attached hydrogen (secondary N) is 1. The number of rotatable bonds is 48. The van der Waals surface area contributed by atoms with E-state index in [4.69, 9.17) is 9.05 Å². The van der Waals surface area contributed by atoms with E-state index in [9.17, 15) is 19.4 Å². The van der Waals surface area contributed by atoms with Crippen LogP contribution in [0.25, 0.3) is 0 Å². The van der Waals surface area contributed by atoms with E-state index < -0.39 is 20.0 Å². The third-order valence-electron chi connectivity index (χ3n) is 11.9. The van der Waals surface area contributed by atoms with Crippen LogP contribution in [0.1, 0.15) is 251 Å². The average molecular weight is 883 g/mol. The van der Waals surface area contributed by atoms with Crippen molar-refractivity contribution >= 4 is 13.7 Å². The Balaban J connectivity index is 4.24. The lowest BCUT2D eigenvalue weighted by molar-refractivity contribution is -0.870. The Bertz CT molecular complexity index is 1050. The lowest BCUT2D eigenvalue weighted by Crippen LogP contribution is -2.46. The van der Waals surface area contributed by atoms with E-state index in [-0.39, 0.29) is 19.1 Å². The SMILES string of the molecule is CCCCCCCCCCC/C=C\C/C=C\CCCCCCCCCC(=O)NC(COP(=O)([O-])OCC[N+](C)(C)C)C(O)CCCCCCCCCCCCCCCCCC. The molecule has 1 amide bonds. The van der Waals surface area contributed by atoms with Gasteiger partial charge in [0.1, 0.15) is 13.2 Å². The number of phosphoric ester groups is 1. The molecule has 0 aliphatic heterocycles. The largest absolute Gasteiger partial charge is 0.756 e. The molecule has 0 radical (unpaired) electrons. The van der Waals surface area contributed by atoms with Crippen LogP contribution in [-0.4, -0.2) is 68.5 Å². The molecular formula is C52H103N2O6P. The average Bonchev–Trinajstić information content (AvgIpc) is 3.21. The van der Waals surface area contributed by atoms with Gasteiger partial charge in [-0.15, -0.1) is 0 Å². The first-order valence-corrected chi connectivity index (χ1v) is 27.6. The standard InChI is InChI=1S/C52H103N2O6P/c1-6-8-10-12-14-16-18-20-22-24-25-26-27-28-29-30-32-34-36-38-40-42-44-46-52(56)53-50(49-60-61(57,58)59-48-47-54(3,4)5)51(55)45-43-41-39-37-35-33-31-23-21-19-17-15-13-11-9-7-2/h25-26,28-29,50-51,55H,6-24,27,30-49H2,1-5H3,(H-,53,56,57,58)/b26-25-,29-28-. The summed E-state index contributed by atoms with van der Waals surface area (Å²) in [6.07, 6.45) is 53.3. The third kappa shape index (κ3) is 46.8. The third-order valence-corrected chi connectivity index (χ3v) is 12.9. The normalized spacial score (nSPS) is 14.3. The van der Waals surface area contributed by atoms with Gasteiger partial charge in [0.25, 0.3) is 7.82 Å². The molecule has 0 fully saturated rings. The zero-order valence-corrected chi connectivity index (χ0v) is 42.0. The van der Waals surface area contributed by atoms with Gasteiger partial charge >= 0.3 is 0 Å². The number of hydrogen-bond acceptors (Lipinski definition) is 6. The Hall–Kier alpha value is -1.02. The molecular weight excluding hydrogens is 780 g/mol. The molecule has 0 saturated heterocycles. The zero-order chi connectivity index (χ0) is 45.0. The van der Waals surface area contributed by atoms with Gasteiger partial charge in [-0.05, 0) is 44.9 Å². The Labute approximate surface area is 379 Å². The lowest BCUT2D eigenvalue weighted by atomic mass is 10.0. The molecule has 0 saturated carbocycles. The van der Waals surface area contributed by atoms with E-state index >= 15 is 0 Å². The van der Waals surface area contributed by atoms with Crippen LogP contribution in [-0.2, 0) is 18.4 Å². The summed E-state index contributed by atoms with van der Waals surface area (Å²) in [7, 11) is 1.30. The van der Waals surface area contributed by atoms with E-state index in [1.165, 1.54) is 173 Å². The molecule has 61 heavy (non-hydrogen) atoms. The van der Waals surface area contributed by atoms with Crippen molar-refractivity contribution in [2.75, 3.05) is 40.9 Å². The molecule has 0 aliphatic rings. The van der Waals surface area contributed by atoms with Gasteiger partial charge < -0.3 is 28.8 Å². The predicted octanol–water partition coefficient (Wildman–Crippen LogP) is 14.6. The number of unbranched alkanes of at least 4 members (excludes halogenated alkanes) is 31. The quantitative estimate of drug-likeness (QED) is 0.0273. The molecule has 9 heteroatoms. The van der Waals surface area contributed by atoms with Crippen molar-refractivity contribution in [1.82, 2.24) is 5.32 Å². The second-order valence-corrected chi connectivity index (χ2v) is 20.6. The molecule has 0 aromatic rings. The Morgan fingerprint density at radius 1 is 0.574 bits per heavy atom. The molecule has 0 bridgehead atoms. The van der Waals surface area contributed by atoms with Gasteiger partial charge in [0, 0.05) is 6.42 Å². The number of carbonyl (C=O) groups excluding carboxylic acids is 1. The van der Waals surface area contributed by atoms with Gasteiger partial charge in [0.15, 0.2) is 0 Å². The summed E-state index contributed by atoms with van der Waals surface area (Å²) in [4.78, 5) is 25.4. The number of aliphatic hydroxyl groups excluding tert-OH is 1. The molecule has 362 valence electrons. The summed E-state index contributed by atoms with van der Waals surface area (Å²) in [6, 6.07) is -0.803. The first-order chi connectivity index (χ1) is 29.5. The summed E-state index contributed by atoms with van der Waals surface area (Å²) in [5, 5.41) is 14.0. The molecule has 0 aromatic carbocycles. The fraction of sp³-hybridized carbons (Fsp3) is 0.904. The maximum absolute atomic E-state index is 12.9. The van der Waals surface area contributed by atoms with Crippen LogP contribution in [0.5, 0.6) is 0 Å². The summed E-state index contributed by atoms with van der Waals surface area (Å²) >= 11 is 0. The van der Waals surface area contributed by atoms with Crippen LogP contribution in [0.4, 0.5) is 0 Å². The van der Waals surface area contributed by atoms with Gasteiger partial charge in [0.05, 0.1) is 39.9 Å². The van der Waals surface area contributed by atoms with Crippen molar-refractivity contribution < 1.29 is 32.9 Å². The van der Waals surface area contributed by atoms with Crippen LogP contribution in [0.15, 0.2) is 24.3 Å². The smallest absolute Gasteiger partial charge is 0.268 e. The molecule has 0 heterocycles. The number of carbonyl (C=O) groups is 1. The maximum atomic E-state index is 12.9. The van der Waals surface area contributed by atoms with Crippen LogP contribution < -0.4 is 10.2 Å². The number of nitrogens with zero attached hydrogens (tertiary/aromatic N) is 1. The number of quaternary nitrogens is 1. The number of hydrogen-bond donors (Lipinski definition) is 2. The highest BCUT2D eigenvalue weighted by atomic mass is 31.2. The summed E-state index contributed by atoms with van der Waals surface area (Å²) in [6.45, 7) is 4.74. The number of phosphoric acid groups is 1. The van der Waals surface area contributed by atoms with Gasteiger partial charge in [-0.2, -0.15) is 0 Å². The van der Waals surface area contributed by atoms with E-state index in [1.807, 2.05) is 21.1 Å². The van der Waals surface area contributed by atoms with E-state index in [0.717, 1.165) is 51.4 Å². The summed E-state index contributed by atoms with van der Waals surface area (Å²) in [5.41, 5.74) is 0. The topological polar surface area (TPSA) is 108 Å². The van der Waals surface area contributed by atoms with Gasteiger partial charge in [0.2, 0.25) is 5.91 Å². The molecule has 8 nitrogen and oxygen atoms in total. The highest BCUT2D eigenvalue weighted by Crippen LogP contribution is 2.38. The van der Waals surface area contributed by atoms with Crippen molar-refractivity contribution in [1.29, 1.82) is 0 Å². The minimum absolute atomic E-state index is 0.0114. The first-order valence-electron chi connectivity index (χ1n) is 26.2. The van der Waals surface area contributed by atoms with Crippen molar-refractivity contribution in [3.63, 3.8) is 0 Å². The number of aliphatic hydroxyl groups is 1. The van der Waals surface area contributed by atoms with Crippen molar-refractivity contribution in [3.05, 3.63) is 24.3 Å². The summed E-state index contributed by atoms with van der Waals surface area (Å²) in [5.74, 6) is -0.170. The van der Waals surface area contributed by atoms with E-state index in [0.29, 0.717) is 23.9 Å². The van der Waals surface area contributed by atoms with Gasteiger partial charge in [-0.1, -0.05) is 224 Å². The minimum Gasteiger partial charge on any atom is -0.756 e. The molecule has 0 rings (SSSR count). The molecule has 3 atom stereocenters. The van der Waals surface area contributed by atoms with Crippen LogP contribution in [0.3, 0.4) is 0 Å².